The standard InChI is InChI=1S/C85H53N5/c1-86-81-84(89-72-39-21-17-35-64(72)65-36-18-22-40-73(65)89)82(87-76-47-43-60(55-25-7-2-8-26-55)51-68(76)69-52-61(44-48-77(69)87)56-27-9-3-10-28-56)80(59-33-15-6-16-34-59)83(85(81)90-74-41-23-19-37-66(74)67-38-20-24-42-75(67)90)88-78-49-45-62(57-29-11-4-12-30-57)53-70(78)71-54-63(46-50-79(71)88)58-31-13-5-14-32-58/h2-54H/i2D,3D,4D,5D,6D,7D,8D,9D,10D,11D,12D,13D,14D,15D,16D,25D,26D,27D,28D,29D,30D,31D,32D,33D,34D. The molecule has 0 unspecified atom stereocenters. The van der Waals surface area contributed by atoms with Crippen molar-refractivity contribution in [2.45, 2.75) is 0 Å². The molecule has 0 aliphatic heterocycles. The molecule has 4 aromatic heterocycles. The number of hydrogen-bond donors (Lipinski definition) is 0. The molecule has 14 aromatic carbocycles. The predicted octanol–water partition coefficient (Wildman–Crippen LogP) is 23.0. The lowest BCUT2D eigenvalue weighted by Crippen LogP contribution is -2.14. The maximum absolute atomic E-state index is 10.7. The number of hydrogen-bond acceptors (Lipinski definition) is 0. The molecule has 18 aromatic rings. The summed E-state index contributed by atoms with van der Waals surface area (Å²) in [6, 6.07) is 32.2. The van der Waals surface area contributed by atoms with Crippen molar-refractivity contribution in [1.82, 2.24) is 18.3 Å². The summed E-state index contributed by atoms with van der Waals surface area (Å²) in [4.78, 5) is 4.80. The molecular formula is C85H53N5. The molecule has 5 nitrogen and oxygen atoms in total. The number of nitrogens with zero attached hydrogens (tertiary/aromatic N) is 5. The molecule has 0 atom stereocenters. The molecule has 0 radical (unpaired) electrons. The van der Waals surface area contributed by atoms with Crippen molar-refractivity contribution >= 4 is 92.9 Å². The highest BCUT2D eigenvalue weighted by molar-refractivity contribution is 6.19. The van der Waals surface area contributed by atoms with Crippen LogP contribution < -0.4 is 0 Å². The summed E-state index contributed by atoms with van der Waals surface area (Å²) in [5.41, 5.74) is 1.25. The van der Waals surface area contributed by atoms with Gasteiger partial charge in [-0.1, -0.05) is 248 Å². The SMILES string of the molecule is [2H]c1c([2H])c([2H])c(-c2ccc3c(c2)c2cc(-c4c([2H])c([2H])c([2H])c([2H])c4[2H])ccc2n3-c2c(-c3c([2H])c([2H])c([2H])c([2H])c3[2H])c(-n3c4ccc(-c5c([2H])c([2H])c([2H])c([2H])c5[2H])cc4c4cc(-c5c([2H])c([2H])c([2H])c([2H])c5[2H])ccc43)c(-n3c4ccccc4c4ccccc43)c([N+]#[C-])c2-n2c3ccccc3c3ccccc32)c([2H])c1[2H]. The number of fused-ring (bicyclic) bond motifs is 12. The van der Waals surface area contributed by atoms with Crippen LogP contribution in [-0.2, 0) is 0 Å². The Hall–Kier alpha value is -12.2. The van der Waals surface area contributed by atoms with Crippen LogP contribution in [0.2, 0.25) is 0 Å². The molecule has 18 rings (SSSR count). The van der Waals surface area contributed by atoms with Gasteiger partial charge >= 0.3 is 0 Å². The van der Waals surface area contributed by atoms with E-state index in [4.69, 9.17) is 21.3 Å². The Morgan fingerprint density at radius 3 is 0.733 bits per heavy atom. The van der Waals surface area contributed by atoms with Gasteiger partial charge in [0.05, 0.1) is 108 Å². The minimum atomic E-state index is -0.804. The van der Waals surface area contributed by atoms with Crippen LogP contribution in [0, 0.1) is 6.57 Å². The first-order valence-electron chi connectivity index (χ1n) is 41.1. The van der Waals surface area contributed by atoms with Gasteiger partial charge in [-0.3, -0.25) is 0 Å². The molecule has 5 heteroatoms. The molecule has 90 heavy (non-hydrogen) atoms. The largest absolute Gasteiger partial charge is 0.317 e. The van der Waals surface area contributed by atoms with Gasteiger partial charge in [0.25, 0.3) is 0 Å². The van der Waals surface area contributed by atoms with Gasteiger partial charge in [-0.2, -0.15) is 0 Å². The number of aromatic nitrogens is 4. The van der Waals surface area contributed by atoms with E-state index >= 15 is 0 Å². The van der Waals surface area contributed by atoms with Gasteiger partial charge in [0.15, 0.2) is 0 Å². The zero-order chi connectivity index (χ0) is 81.1. The van der Waals surface area contributed by atoms with Crippen molar-refractivity contribution in [3.05, 3.63) is 332 Å². The van der Waals surface area contributed by atoms with Crippen LogP contribution in [0.3, 0.4) is 0 Å². The Kier molecular flexibility index (Phi) is 7.26. The number of benzene rings is 14. The van der Waals surface area contributed by atoms with E-state index in [0.29, 0.717) is 43.6 Å². The summed E-state index contributed by atoms with van der Waals surface area (Å²) in [7, 11) is 0. The van der Waals surface area contributed by atoms with Crippen molar-refractivity contribution in [2.75, 3.05) is 0 Å². The highest BCUT2D eigenvalue weighted by atomic mass is 15.1. The van der Waals surface area contributed by atoms with Gasteiger partial charge in [-0.15, -0.1) is 0 Å². The van der Waals surface area contributed by atoms with Crippen LogP contribution in [0.4, 0.5) is 5.69 Å². The van der Waals surface area contributed by atoms with E-state index in [9.17, 15) is 24.4 Å². The fourth-order valence-electron chi connectivity index (χ4n) is 13.3. The third-order valence-electron chi connectivity index (χ3n) is 17.0. The smallest absolute Gasteiger partial charge is 0.238 e. The summed E-state index contributed by atoms with van der Waals surface area (Å²) >= 11 is 0. The zero-order valence-electron chi connectivity index (χ0n) is 71.9. The fraction of sp³-hybridized carbons (Fsp3) is 0. The van der Waals surface area contributed by atoms with Gasteiger partial charge < -0.3 is 18.3 Å². The van der Waals surface area contributed by atoms with E-state index < -0.39 is 157 Å². The van der Waals surface area contributed by atoms with E-state index in [1.165, 1.54) is 24.3 Å². The first-order chi connectivity index (χ1) is 55.0. The fourth-order valence-corrected chi connectivity index (χ4v) is 13.3. The Labute approximate surface area is 554 Å². The summed E-state index contributed by atoms with van der Waals surface area (Å²) < 4.78 is 238. The minimum Gasteiger partial charge on any atom is -0.317 e. The monoisotopic (exact) mass is 1170 g/mol. The summed E-state index contributed by atoms with van der Waals surface area (Å²) in [6.45, 7) is 10.4. The van der Waals surface area contributed by atoms with E-state index in [0.717, 1.165) is 0 Å². The van der Waals surface area contributed by atoms with Crippen LogP contribution in [0.5, 0.6) is 0 Å². The molecular weight excluding hydrogens is 1090 g/mol. The predicted molar refractivity (Wildman–Crippen MR) is 377 cm³/mol. The number of rotatable bonds is 9. The van der Waals surface area contributed by atoms with E-state index in [1.807, 2.05) is 106 Å². The molecule has 0 saturated heterocycles. The van der Waals surface area contributed by atoms with Crippen LogP contribution in [-0.4, -0.2) is 18.3 Å². The molecule has 0 amide bonds. The number of para-hydroxylation sites is 4. The van der Waals surface area contributed by atoms with Crippen LogP contribution in [0.1, 0.15) is 34.3 Å². The van der Waals surface area contributed by atoms with Gasteiger partial charge in [0, 0.05) is 48.7 Å². The minimum absolute atomic E-state index is 0.0192. The summed E-state index contributed by atoms with van der Waals surface area (Å²) in [5, 5.41) is 3.54. The highest BCUT2D eigenvalue weighted by Crippen LogP contribution is 2.55. The first-order valence-corrected chi connectivity index (χ1v) is 28.6. The lowest BCUT2D eigenvalue weighted by molar-refractivity contribution is 1.05. The van der Waals surface area contributed by atoms with E-state index in [1.54, 1.807) is 57.7 Å². The van der Waals surface area contributed by atoms with Crippen LogP contribution in [0.15, 0.2) is 321 Å². The first kappa shape index (κ1) is 32.0. The second-order valence-electron chi connectivity index (χ2n) is 21.6. The summed E-state index contributed by atoms with van der Waals surface area (Å²) in [6.07, 6.45) is 0. The van der Waals surface area contributed by atoms with Crippen molar-refractivity contribution < 1.29 is 34.3 Å². The van der Waals surface area contributed by atoms with Gasteiger partial charge in [-0.25, -0.2) is 4.85 Å². The van der Waals surface area contributed by atoms with Crippen molar-refractivity contribution in [3.63, 3.8) is 0 Å². The van der Waals surface area contributed by atoms with Crippen molar-refractivity contribution in [3.8, 4) is 78.4 Å². The molecule has 0 spiro atoms. The topological polar surface area (TPSA) is 24.1 Å². The second-order valence-corrected chi connectivity index (χ2v) is 21.6. The highest BCUT2D eigenvalue weighted by Gasteiger charge is 2.35. The van der Waals surface area contributed by atoms with Gasteiger partial charge in [0.1, 0.15) is 0 Å². The average molecular weight is 1170 g/mol. The molecule has 4 heterocycles. The molecule has 0 aliphatic rings. The Morgan fingerprint density at radius 1 is 0.233 bits per heavy atom. The van der Waals surface area contributed by atoms with Crippen LogP contribution in [0.25, 0.3) is 170 Å². The molecule has 0 aliphatic carbocycles. The summed E-state index contributed by atoms with van der Waals surface area (Å²) in [5.74, 6) is 0. The lowest BCUT2D eigenvalue weighted by Gasteiger charge is -2.29. The molecule has 0 bridgehead atoms. The van der Waals surface area contributed by atoms with Crippen LogP contribution >= 0.6 is 0 Å². The molecule has 418 valence electrons. The van der Waals surface area contributed by atoms with E-state index in [-0.39, 0.29) is 122 Å². The zero-order valence-corrected chi connectivity index (χ0v) is 46.9. The maximum Gasteiger partial charge on any atom is 0.238 e. The normalized spacial score (nSPS) is 15.7. The lowest BCUT2D eigenvalue weighted by atomic mass is 9.95. The Bertz CT molecular complexity index is 6670. The van der Waals surface area contributed by atoms with Crippen molar-refractivity contribution in [1.29, 1.82) is 0 Å². The molecule has 0 fully saturated rings. The maximum atomic E-state index is 10.7. The Balaban J connectivity index is 1.16. The average Bonchev–Trinajstić information content (AvgIpc) is 1.56. The second kappa shape index (κ2) is 20.5. The van der Waals surface area contributed by atoms with Gasteiger partial charge in [-0.05, 0) is 123 Å². The third kappa shape index (κ3) is 7.75. The molecule has 0 N–H and O–H groups in total. The third-order valence-corrected chi connectivity index (χ3v) is 17.0. The van der Waals surface area contributed by atoms with E-state index in [2.05, 4.69) is 0 Å². The Morgan fingerprint density at radius 2 is 0.467 bits per heavy atom. The van der Waals surface area contributed by atoms with Crippen molar-refractivity contribution in [2.24, 2.45) is 0 Å². The quantitative estimate of drug-likeness (QED) is 0.129. The molecule has 0 saturated carbocycles. The van der Waals surface area contributed by atoms with Gasteiger partial charge in [0.2, 0.25) is 5.69 Å².